The average Bonchev–Trinajstić information content (AvgIpc) is 2.50. The van der Waals surface area contributed by atoms with Crippen LogP contribution in [0, 0.1) is 11.3 Å². The molecule has 0 fully saturated rings. The second-order valence-electron chi connectivity index (χ2n) is 4.80. The largest absolute Gasteiger partial charge is 0.496 e. The van der Waals surface area contributed by atoms with Crippen molar-refractivity contribution in [3.8, 4) is 11.8 Å². The Labute approximate surface area is 122 Å². The van der Waals surface area contributed by atoms with Gasteiger partial charge in [0.25, 0.3) is 0 Å². The predicted molar refractivity (Wildman–Crippen MR) is 81.5 cm³/mol. The fourth-order valence-corrected chi connectivity index (χ4v) is 2.52. The van der Waals surface area contributed by atoms with Crippen LogP contribution >= 0.6 is 0 Å². The summed E-state index contributed by atoms with van der Waals surface area (Å²) in [7, 11) is 1.68. The lowest BCUT2D eigenvalue weighted by molar-refractivity contribution is 0.178. The van der Waals surface area contributed by atoms with Gasteiger partial charge in [0.1, 0.15) is 5.75 Å². The second kappa shape index (κ2) is 8.57. The Morgan fingerprint density at radius 1 is 1.35 bits per heavy atom. The molecule has 2 atom stereocenters. The van der Waals surface area contributed by atoms with Crippen molar-refractivity contribution in [1.82, 2.24) is 4.90 Å². The summed E-state index contributed by atoms with van der Waals surface area (Å²) in [6, 6.07) is 10.3. The molecular weight excluding hydrogens is 250 g/mol. The summed E-state index contributed by atoms with van der Waals surface area (Å²) in [5, 5.41) is 8.83. The topological polar surface area (TPSA) is 62.3 Å². The van der Waals surface area contributed by atoms with Gasteiger partial charge in [0.15, 0.2) is 0 Å². The van der Waals surface area contributed by atoms with Crippen LogP contribution in [-0.4, -0.2) is 31.1 Å². The molecule has 4 nitrogen and oxygen atoms in total. The minimum Gasteiger partial charge on any atom is -0.496 e. The fraction of sp³-hybridized carbons (Fsp3) is 0.562. The van der Waals surface area contributed by atoms with E-state index in [1.54, 1.807) is 7.11 Å². The van der Waals surface area contributed by atoms with Crippen molar-refractivity contribution in [3.63, 3.8) is 0 Å². The Morgan fingerprint density at radius 3 is 2.60 bits per heavy atom. The van der Waals surface area contributed by atoms with Crippen LogP contribution < -0.4 is 10.5 Å². The molecule has 0 aliphatic carbocycles. The lowest BCUT2D eigenvalue weighted by Crippen LogP contribution is -2.41. The van der Waals surface area contributed by atoms with Gasteiger partial charge in [0.2, 0.25) is 0 Å². The van der Waals surface area contributed by atoms with E-state index in [-0.39, 0.29) is 12.1 Å². The molecule has 0 radical (unpaired) electrons. The van der Waals surface area contributed by atoms with Gasteiger partial charge in [-0.1, -0.05) is 32.0 Å². The molecule has 0 aliphatic rings. The van der Waals surface area contributed by atoms with E-state index in [0.29, 0.717) is 6.42 Å². The Bertz CT molecular complexity index is 442. The molecule has 0 aromatic heterocycles. The quantitative estimate of drug-likeness (QED) is 0.792. The minimum atomic E-state index is 0.0185. The maximum absolute atomic E-state index is 8.83. The van der Waals surface area contributed by atoms with Gasteiger partial charge >= 0.3 is 0 Å². The molecule has 2 unspecified atom stereocenters. The smallest absolute Gasteiger partial charge is 0.123 e. The normalized spacial score (nSPS) is 13.8. The summed E-state index contributed by atoms with van der Waals surface area (Å²) in [6.07, 6.45) is 1.39. The minimum absolute atomic E-state index is 0.0185. The van der Waals surface area contributed by atoms with Crippen molar-refractivity contribution < 1.29 is 4.74 Å². The van der Waals surface area contributed by atoms with Crippen molar-refractivity contribution in [2.45, 2.75) is 38.8 Å². The highest BCUT2D eigenvalue weighted by Gasteiger charge is 2.26. The first kappa shape index (κ1) is 16.5. The number of ether oxygens (including phenoxy) is 1. The number of hydrogen-bond acceptors (Lipinski definition) is 4. The van der Waals surface area contributed by atoms with Crippen LogP contribution in [0.5, 0.6) is 5.75 Å². The maximum Gasteiger partial charge on any atom is 0.123 e. The summed E-state index contributed by atoms with van der Waals surface area (Å²) in [6.45, 7) is 5.77. The number of rotatable bonds is 8. The second-order valence-corrected chi connectivity index (χ2v) is 4.80. The Kier molecular flexibility index (Phi) is 7.06. The van der Waals surface area contributed by atoms with Crippen LogP contribution in [0.3, 0.4) is 0 Å². The third-order valence-electron chi connectivity index (χ3n) is 3.64. The van der Waals surface area contributed by atoms with E-state index < -0.39 is 0 Å². The number of nitrogens with zero attached hydrogens (tertiary/aromatic N) is 2. The summed E-state index contributed by atoms with van der Waals surface area (Å²) in [4.78, 5) is 2.26. The first-order valence-corrected chi connectivity index (χ1v) is 7.19. The predicted octanol–water partition coefficient (Wildman–Crippen LogP) is 2.71. The third kappa shape index (κ3) is 3.96. The van der Waals surface area contributed by atoms with Crippen LogP contribution in [0.2, 0.25) is 0 Å². The molecule has 1 aromatic carbocycles. The lowest BCUT2D eigenvalue weighted by atomic mass is 9.95. The summed E-state index contributed by atoms with van der Waals surface area (Å²) < 4.78 is 5.47. The van der Waals surface area contributed by atoms with Crippen molar-refractivity contribution in [3.05, 3.63) is 29.8 Å². The van der Waals surface area contributed by atoms with Crippen molar-refractivity contribution in [2.75, 3.05) is 20.2 Å². The van der Waals surface area contributed by atoms with Crippen molar-refractivity contribution in [1.29, 1.82) is 5.26 Å². The highest BCUT2D eigenvalue weighted by Crippen LogP contribution is 2.32. The number of nitriles is 1. The monoisotopic (exact) mass is 275 g/mol. The van der Waals surface area contributed by atoms with Crippen LogP contribution in [0.1, 0.15) is 38.3 Å². The number of likely N-dealkylation sites (N-methyl/N-ethyl adjacent to an activating group) is 1. The molecule has 0 spiro atoms. The summed E-state index contributed by atoms with van der Waals surface area (Å²) >= 11 is 0. The number of benzene rings is 1. The van der Waals surface area contributed by atoms with Crippen LogP contribution in [0.4, 0.5) is 0 Å². The fourth-order valence-electron chi connectivity index (χ4n) is 2.52. The van der Waals surface area contributed by atoms with Gasteiger partial charge in [-0.05, 0) is 19.0 Å². The molecule has 0 aliphatic heterocycles. The zero-order valence-electron chi connectivity index (χ0n) is 12.7. The Balaban J connectivity index is 3.13. The van der Waals surface area contributed by atoms with E-state index >= 15 is 0 Å². The third-order valence-corrected chi connectivity index (χ3v) is 3.64. The highest BCUT2D eigenvalue weighted by molar-refractivity contribution is 5.36. The molecule has 0 saturated heterocycles. The van der Waals surface area contributed by atoms with E-state index in [1.807, 2.05) is 18.2 Å². The van der Waals surface area contributed by atoms with E-state index in [2.05, 4.69) is 30.9 Å². The van der Waals surface area contributed by atoms with E-state index in [1.165, 1.54) is 0 Å². The van der Waals surface area contributed by atoms with Crippen LogP contribution in [0.15, 0.2) is 24.3 Å². The molecule has 1 aromatic rings. The molecule has 0 amide bonds. The molecule has 110 valence electrons. The molecule has 2 N–H and O–H groups in total. The molecule has 0 heterocycles. The molecule has 4 heteroatoms. The number of para-hydroxylation sites is 1. The lowest BCUT2D eigenvalue weighted by Gasteiger charge is -2.35. The molecular formula is C16H25N3O. The number of hydrogen-bond donors (Lipinski definition) is 1. The summed E-state index contributed by atoms with van der Waals surface area (Å²) in [5.74, 6) is 0.858. The van der Waals surface area contributed by atoms with Gasteiger partial charge in [-0.25, -0.2) is 0 Å². The van der Waals surface area contributed by atoms with Gasteiger partial charge < -0.3 is 10.5 Å². The van der Waals surface area contributed by atoms with Crippen LogP contribution in [0.25, 0.3) is 0 Å². The van der Waals surface area contributed by atoms with Crippen molar-refractivity contribution in [2.24, 2.45) is 5.73 Å². The van der Waals surface area contributed by atoms with Gasteiger partial charge in [0, 0.05) is 24.6 Å². The maximum atomic E-state index is 8.83. The molecule has 1 rings (SSSR count). The van der Waals surface area contributed by atoms with E-state index in [4.69, 9.17) is 15.7 Å². The van der Waals surface area contributed by atoms with Gasteiger partial charge in [-0.3, -0.25) is 4.90 Å². The van der Waals surface area contributed by atoms with Crippen molar-refractivity contribution >= 4 is 0 Å². The Morgan fingerprint density at radius 2 is 2.05 bits per heavy atom. The molecule has 20 heavy (non-hydrogen) atoms. The SMILES string of the molecule is CCC(N)C(c1ccccc1OC)N(CC)CCC#N. The molecule has 0 bridgehead atoms. The number of nitrogens with two attached hydrogens (primary N) is 1. The first-order chi connectivity index (χ1) is 9.69. The first-order valence-electron chi connectivity index (χ1n) is 7.19. The van der Waals surface area contributed by atoms with Gasteiger partial charge in [-0.15, -0.1) is 0 Å². The highest BCUT2D eigenvalue weighted by atomic mass is 16.5. The zero-order valence-corrected chi connectivity index (χ0v) is 12.7. The van der Waals surface area contributed by atoms with E-state index in [9.17, 15) is 0 Å². The van der Waals surface area contributed by atoms with E-state index in [0.717, 1.165) is 30.8 Å². The van der Waals surface area contributed by atoms with Crippen LogP contribution in [-0.2, 0) is 0 Å². The Hall–Kier alpha value is -1.57. The molecule has 0 saturated carbocycles. The zero-order chi connectivity index (χ0) is 15.0. The number of methoxy groups -OCH3 is 1. The summed E-state index contributed by atoms with van der Waals surface area (Å²) in [5.41, 5.74) is 7.44. The average molecular weight is 275 g/mol. The standard InChI is InChI=1S/C16H25N3O/c1-4-14(18)16(19(5-2)12-8-11-17)13-9-6-7-10-15(13)20-3/h6-7,9-10,14,16H,4-5,8,12,18H2,1-3H3. The van der Waals surface area contributed by atoms with Gasteiger partial charge in [-0.2, -0.15) is 5.26 Å². The van der Waals surface area contributed by atoms with Gasteiger partial charge in [0.05, 0.1) is 19.2 Å².